The van der Waals surface area contributed by atoms with Crippen molar-refractivity contribution >= 4 is 16.1 Å². The number of carbonyl (C=O) groups excluding carboxylic acids is 1. The van der Waals surface area contributed by atoms with E-state index in [9.17, 15) is 18.3 Å². The van der Waals surface area contributed by atoms with Crippen LogP contribution in [-0.4, -0.2) is 35.6 Å². The number of carbonyl (C=O) groups is 1. The van der Waals surface area contributed by atoms with Crippen LogP contribution in [0.5, 0.6) is 0 Å². The molecule has 2 N–H and O–H groups in total. The Labute approximate surface area is 162 Å². The van der Waals surface area contributed by atoms with Crippen LogP contribution >= 0.6 is 0 Å². The summed E-state index contributed by atoms with van der Waals surface area (Å²) >= 11 is 0. The van der Waals surface area contributed by atoms with Gasteiger partial charge < -0.3 is 15.2 Å². The van der Waals surface area contributed by atoms with Gasteiger partial charge in [-0.1, -0.05) is 24.3 Å². The third kappa shape index (κ3) is 3.90. The normalized spacial score (nSPS) is 11.2. The molecule has 0 atom stereocenters. The zero-order valence-electron chi connectivity index (χ0n) is 15.1. The molecule has 0 radical (unpaired) electrons. The van der Waals surface area contributed by atoms with Gasteiger partial charge in [0.25, 0.3) is 10.0 Å². The first-order valence-corrected chi connectivity index (χ1v) is 9.82. The predicted molar refractivity (Wildman–Crippen MR) is 102 cm³/mol. The van der Waals surface area contributed by atoms with E-state index in [1.165, 1.54) is 37.8 Å². The van der Waals surface area contributed by atoms with E-state index in [1.54, 1.807) is 30.3 Å². The van der Waals surface area contributed by atoms with Crippen LogP contribution in [0.2, 0.25) is 0 Å². The lowest BCUT2D eigenvalue weighted by atomic mass is 10.1. The fraction of sp³-hybridized carbons (Fsp3) is 0.158. The van der Waals surface area contributed by atoms with Gasteiger partial charge in [-0.2, -0.15) is 0 Å². The number of aliphatic hydroxyl groups is 1. The highest BCUT2D eigenvalue weighted by atomic mass is 32.2. The maximum atomic E-state index is 13.2. The summed E-state index contributed by atoms with van der Waals surface area (Å²) in [6.07, 6.45) is 3.52. The summed E-state index contributed by atoms with van der Waals surface area (Å²) in [5.74, 6) is 0. The summed E-state index contributed by atoms with van der Waals surface area (Å²) in [7, 11) is -2.52. The molecule has 0 saturated carbocycles. The maximum Gasteiger partial charge on any atom is 0.407 e. The molecule has 8 nitrogen and oxygen atoms in total. The second-order valence-corrected chi connectivity index (χ2v) is 7.68. The molecule has 2 aromatic heterocycles. The molecule has 146 valence electrons. The second kappa shape index (κ2) is 8.24. The molecule has 2 heterocycles. The molecule has 28 heavy (non-hydrogen) atoms. The van der Waals surface area contributed by atoms with Crippen molar-refractivity contribution in [2.45, 2.75) is 18.1 Å². The molecule has 9 heteroatoms. The highest BCUT2D eigenvalue weighted by Gasteiger charge is 2.23. The third-order valence-corrected chi connectivity index (χ3v) is 5.73. The molecule has 0 aliphatic rings. The third-order valence-electron chi connectivity index (χ3n) is 4.07. The highest BCUT2D eigenvalue weighted by Crippen LogP contribution is 2.30. The molecule has 1 amide bonds. The van der Waals surface area contributed by atoms with Crippen molar-refractivity contribution in [3.05, 3.63) is 72.2 Å². The number of aliphatic hydroxyl groups excluding tert-OH is 1. The number of pyridine rings is 1. The van der Waals surface area contributed by atoms with Gasteiger partial charge >= 0.3 is 6.09 Å². The van der Waals surface area contributed by atoms with E-state index in [0.717, 1.165) is 3.97 Å². The standard InChI is InChI=1S/C19H19N3O5S/c1-20-19(24)27-13-14-9-18(17-7-3-2-5-15(17)12-23)22(11-14)28(25,26)16-6-4-8-21-10-16/h2-11,23H,12-13H2,1H3,(H,20,24). The van der Waals surface area contributed by atoms with Gasteiger partial charge in [0, 0.05) is 36.8 Å². The smallest absolute Gasteiger partial charge is 0.407 e. The summed E-state index contributed by atoms with van der Waals surface area (Å²) in [5, 5.41) is 12.0. The first-order valence-electron chi connectivity index (χ1n) is 8.38. The van der Waals surface area contributed by atoms with Crippen LogP contribution < -0.4 is 5.32 Å². The predicted octanol–water partition coefficient (Wildman–Crippen LogP) is 2.14. The van der Waals surface area contributed by atoms with E-state index in [4.69, 9.17) is 4.74 Å². The van der Waals surface area contributed by atoms with E-state index in [2.05, 4.69) is 10.3 Å². The minimum absolute atomic E-state index is 0.0205. The zero-order valence-corrected chi connectivity index (χ0v) is 15.9. The Balaban J connectivity index is 2.14. The lowest BCUT2D eigenvalue weighted by Gasteiger charge is -2.12. The summed E-state index contributed by atoms with van der Waals surface area (Å²) in [4.78, 5) is 15.3. The van der Waals surface area contributed by atoms with Crippen molar-refractivity contribution in [1.82, 2.24) is 14.3 Å². The quantitative estimate of drug-likeness (QED) is 0.655. The Hall–Kier alpha value is -3.17. The summed E-state index contributed by atoms with van der Waals surface area (Å²) in [5.41, 5.74) is 1.97. The number of amides is 1. The molecular formula is C19H19N3O5S. The van der Waals surface area contributed by atoms with E-state index in [1.807, 2.05) is 0 Å². The molecule has 0 spiro atoms. The van der Waals surface area contributed by atoms with Crippen molar-refractivity contribution in [3.8, 4) is 11.3 Å². The number of ether oxygens (including phenoxy) is 1. The lowest BCUT2D eigenvalue weighted by Crippen LogP contribution is -2.18. The second-order valence-electron chi connectivity index (χ2n) is 5.86. The number of hydrogen-bond acceptors (Lipinski definition) is 6. The molecule has 0 saturated heterocycles. The Morgan fingerprint density at radius 2 is 2.04 bits per heavy atom. The van der Waals surface area contributed by atoms with E-state index in [0.29, 0.717) is 22.4 Å². The van der Waals surface area contributed by atoms with E-state index >= 15 is 0 Å². The van der Waals surface area contributed by atoms with Crippen LogP contribution in [0.25, 0.3) is 11.3 Å². The Kier molecular flexibility index (Phi) is 5.76. The Morgan fingerprint density at radius 1 is 1.25 bits per heavy atom. The van der Waals surface area contributed by atoms with Crippen LogP contribution in [-0.2, 0) is 28.0 Å². The average molecular weight is 401 g/mol. The lowest BCUT2D eigenvalue weighted by molar-refractivity contribution is 0.142. The largest absolute Gasteiger partial charge is 0.445 e. The fourth-order valence-corrected chi connectivity index (χ4v) is 4.07. The molecule has 1 aromatic carbocycles. The van der Waals surface area contributed by atoms with Crippen molar-refractivity contribution < 1.29 is 23.1 Å². The minimum atomic E-state index is -3.95. The van der Waals surface area contributed by atoms with Gasteiger partial charge in [0.15, 0.2) is 0 Å². The number of benzene rings is 1. The van der Waals surface area contributed by atoms with Crippen LogP contribution in [0.1, 0.15) is 11.1 Å². The Bertz CT molecular complexity index is 1080. The molecule has 0 bridgehead atoms. The van der Waals surface area contributed by atoms with Crippen LogP contribution in [0.3, 0.4) is 0 Å². The van der Waals surface area contributed by atoms with E-state index in [-0.39, 0.29) is 18.1 Å². The summed E-state index contributed by atoms with van der Waals surface area (Å²) in [6.45, 7) is -0.359. The van der Waals surface area contributed by atoms with Crippen LogP contribution in [0, 0.1) is 0 Å². The summed E-state index contributed by atoms with van der Waals surface area (Å²) in [6, 6.07) is 11.5. The molecular weight excluding hydrogens is 382 g/mol. The van der Waals surface area contributed by atoms with E-state index < -0.39 is 16.1 Å². The van der Waals surface area contributed by atoms with Crippen molar-refractivity contribution in [2.75, 3.05) is 7.05 Å². The van der Waals surface area contributed by atoms with Gasteiger partial charge in [-0.15, -0.1) is 0 Å². The van der Waals surface area contributed by atoms with Gasteiger partial charge in [0.05, 0.1) is 12.3 Å². The topological polar surface area (TPSA) is 111 Å². The van der Waals surface area contributed by atoms with Gasteiger partial charge in [-0.3, -0.25) is 4.98 Å². The van der Waals surface area contributed by atoms with Crippen molar-refractivity contribution in [3.63, 3.8) is 0 Å². The van der Waals surface area contributed by atoms with Gasteiger partial charge in [0.1, 0.15) is 11.5 Å². The fourth-order valence-electron chi connectivity index (χ4n) is 2.71. The number of aromatic nitrogens is 2. The number of rotatable bonds is 6. The number of hydrogen-bond donors (Lipinski definition) is 2. The van der Waals surface area contributed by atoms with Gasteiger partial charge in [0.2, 0.25) is 0 Å². The number of alkyl carbamates (subject to hydrolysis) is 1. The van der Waals surface area contributed by atoms with Crippen molar-refractivity contribution in [2.24, 2.45) is 0 Å². The first-order chi connectivity index (χ1) is 13.5. The van der Waals surface area contributed by atoms with Crippen molar-refractivity contribution in [1.29, 1.82) is 0 Å². The molecule has 3 rings (SSSR count). The average Bonchev–Trinajstić information content (AvgIpc) is 3.17. The van der Waals surface area contributed by atoms with Gasteiger partial charge in [-0.05, 0) is 23.8 Å². The first kappa shape index (κ1) is 19.6. The molecule has 0 aliphatic heterocycles. The minimum Gasteiger partial charge on any atom is -0.445 e. The molecule has 0 fully saturated rings. The Morgan fingerprint density at radius 3 is 2.71 bits per heavy atom. The monoisotopic (exact) mass is 401 g/mol. The number of nitrogens with one attached hydrogen (secondary N) is 1. The summed E-state index contributed by atoms with van der Waals surface area (Å²) < 4.78 is 32.5. The van der Waals surface area contributed by atoms with Crippen LogP contribution in [0.15, 0.2) is 66.0 Å². The number of nitrogens with zero attached hydrogens (tertiary/aromatic N) is 2. The highest BCUT2D eigenvalue weighted by molar-refractivity contribution is 7.90. The zero-order chi connectivity index (χ0) is 20.1. The molecule has 0 aliphatic carbocycles. The molecule has 0 unspecified atom stereocenters. The SMILES string of the molecule is CNC(=O)OCc1cc(-c2ccccc2CO)n(S(=O)(=O)c2cccnc2)c1. The van der Waals surface area contributed by atoms with Crippen LogP contribution in [0.4, 0.5) is 4.79 Å². The maximum absolute atomic E-state index is 13.2. The molecule has 3 aromatic rings. The van der Waals surface area contributed by atoms with Gasteiger partial charge in [-0.25, -0.2) is 17.2 Å².